The lowest BCUT2D eigenvalue weighted by atomic mass is 9.84. The first-order chi connectivity index (χ1) is 7.36. The second kappa shape index (κ2) is 4.98. The van der Waals surface area contributed by atoms with Crippen molar-refractivity contribution in [2.75, 3.05) is 13.6 Å². The number of aryl methyl sites for hydroxylation is 1. The van der Waals surface area contributed by atoms with Gasteiger partial charge in [-0.15, -0.1) is 0 Å². The van der Waals surface area contributed by atoms with Crippen LogP contribution in [-0.4, -0.2) is 18.7 Å². The number of hydrogen-bond acceptors (Lipinski definition) is 2. The van der Waals surface area contributed by atoms with E-state index in [9.17, 15) is 5.11 Å². The molecular weight excluding hydrogens is 198 g/mol. The summed E-state index contributed by atoms with van der Waals surface area (Å²) in [4.78, 5) is 0. The van der Waals surface area contributed by atoms with Gasteiger partial charge >= 0.3 is 0 Å². The van der Waals surface area contributed by atoms with E-state index < -0.39 is 6.10 Å². The Balaban J connectivity index is 3.09. The van der Waals surface area contributed by atoms with E-state index in [4.69, 9.17) is 0 Å². The highest BCUT2D eigenvalue weighted by Crippen LogP contribution is 2.27. The number of likely N-dealkylation sites (N-methyl/N-ethyl adjacent to an activating group) is 1. The van der Waals surface area contributed by atoms with Crippen molar-refractivity contribution in [1.82, 2.24) is 5.32 Å². The van der Waals surface area contributed by atoms with Crippen LogP contribution >= 0.6 is 0 Å². The van der Waals surface area contributed by atoms with Crippen molar-refractivity contribution in [2.24, 2.45) is 0 Å². The highest BCUT2D eigenvalue weighted by molar-refractivity contribution is 5.36. The maximum Gasteiger partial charge on any atom is 0.0916 e. The second-order valence-electron chi connectivity index (χ2n) is 5.39. The Morgan fingerprint density at radius 1 is 1.31 bits per heavy atom. The lowest BCUT2D eigenvalue weighted by Crippen LogP contribution is -2.19. The predicted octanol–water partition coefficient (Wildman–Crippen LogP) is 2.55. The van der Waals surface area contributed by atoms with Gasteiger partial charge in [-0.25, -0.2) is 0 Å². The van der Waals surface area contributed by atoms with Gasteiger partial charge in [0, 0.05) is 6.54 Å². The van der Waals surface area contributed by atoms with Crippen molar-refractivity contribution < 1.29 is 5.11 Å². The van der Waals surface area contributed by atoms with Crippen LogP contribution in [0.2, 0.25) is 0 Å². The fraction of sp³-hybridized carbons (Fsp3) is 0.571. The zero-order valence-corrected chi connectivity index (χ0v) is 11.0. The Labute approximate surface area is 98.7 Å². The van der Waals surface area contributed by atoms with Crippen LogP contribution in [0.5, 0.6) is 0 Å². The third kappa shape index (κ3) is 3.06. The van der Waals surface area contributed by atoms with Crippen LogP contribution in [-0.2, 0) is 5.41 Å². The van der Waals surface area contributed by atoms with Crippen molar-refractivity contribution in [3.8, 4) is 0 Å². The molecule has 2 N–H and O–H groups in total. The minimum Gasteiger partial charge on any atom is -0.387 e. The number of aliphatic hydroxyl groups is 1. The quantitative estimate of drug-likeness (QED) is 0.822. The molecule has 0 spiro atoms. The number of benzene rings is 1. The summed E-state index contributed by atoms with van der Waals surface area (Å²) in [5.41, 5.74) is 3.57. The Morgan fingerprint density at radius 2 is 1.94 bits per heavy atom. The average Bonchev–Trinajstić information content (AvgIpc) is 2.16. The van der Waals surface area contributed by atoms with E-state index in [1.807, 2.05) is 14.0 Å². The van der Waals surface area contributed by atoms with Gasteiger partial charge in [-0.05, 0) is 36.1 Å². The normalized spacial score (nSPS) is 13.9. The molecule has 90 valence electrons. The Hall–Kier alpha value is -0.860. The van der Waals surface area contributed by atoms with Crippen LogP contribution in [0, 0.1) is 6.92 Å². The molecule has 1 atom stereocenters. The Kier molecular flexibility index (Phi) is 4.11. The number of nitrogens with one attached hydrogen (secondary N) is 1. The third-order valence-electron chi connectivity index (χ3n) is 2.90. The van der Waals surface area contributed by atoms with Gasteiger partial charge in [-0.3, -0.25) is 0 Å². The van der Waals surface area contributed by atoms with Gasteiger partial charge in [0.1, 0.15) is 0 Å². The molecule has 0 radical (unpaired) electrons. The monoisotopic (exact) mass is 221 g/mol. The topological polar surface area (TPSA) is 32.3 Å². The molecule has 0 saturated carbocycles. The molecule has 2 nitrogen and oxygen atoms in total. The smallest absolute Gasteiger partial charge is 0.0916 e. The van der Waals surface area contributed by atoms with E-state index >= 15 is 0 Å². The highest BCUT2D eigenvalue weighted by atomic mass is 16.3. The fourth-order valence-electron chi connectivity index (χ4n) is 1.77. The average molecular weight is 221 g/mol. The van der Waals surface area contributed by atoms with Gasteiger partial charge in [0.2, 0.25) is 0 Å². The maximum absolute atomic E-state index is 10.0. The minimum absolute atomic E-state index is 0.127. The van der Waals surface area contributed by atoms with E-state index in [1.165, 1.54) is 5.56 Å². The van der Waals surface area contributed by atoms with Gasteiger partial charge in [0.25, 0.3) is 0 Å². The molecule has 16 heavy (non-hydrogen) atoms. The number of hydrogen-bond donors (Lipinski definition) is 2. The Morgan fingerprint density at radius 3 is 2.44 bits per heavy atom. The maximum atomic E-state index is 10.0. The minimum atomic E-state index is -0.424. The summed E-state index contributed by atoms with van der Waals surface area (Å²) >= 11 is 0. The van der Waals surface area contributed by atoms with Crippen molar-refractivity contribution in [3.63, 3.8) is 0 Å². The molecule has 1 unspecified atom stereocenters. The zero-order valence-electron chi connectivity index (χ0n) is 11.0. The first-order valence-electron chi connectivity index (χ1n) is 5.80. The van der Waals surface area contributed by atoms with E-state index in [0.29, 0.717) is 6.54 Å². The van der Waals surface area contributed by atoms with E-state index in [2.05, 4.69) is 44.3 Å². The highest BCUT2D eigenvalue weighted by Gasteiger charge is 2.17. The Bertz CT molecular complexity index is 352. The lowest BCUT2D eigenvalue weighted by molar-refractivity contribution is 0.177. The predicted molar refractivity (Wildman–Crippen MR) is 68.8 cm³/mol. The van der Waals surface area contributed by atoms with Crippen molar-refractivity contribution in [1.29, 1.82) is 0 Å². The summed E-state index contributed by atoms with van der Waals surface area (Å²) in [6, 6.07) is 6.36. The number of rotatable bonds is 3. The molecule has 0 heterocycles. The van der Waals surface area contributed by atoms with Gasteiger partial charge in [0.05, 0.1) is 6.10 Å². The first-order valence-corrected chi connectivity index (χ1v) is 5.80. The second-order valence-corrected chi connectivity index (χ2v) is 5.39. The molecule has 0 aliphatic heterocycles. The molecule has 1 aromatic carbocycles. The van der Waals surface area contributed by atoms with Gasteiger partial charge in [0.15, 0.2) is 0 Å². The number of aliphatic hydroxyl groups excluding tert-OH is 1. The van der Waals surface area contributed by atoms with Crippen molar-refractivity contribution in [3.05, 3.63) is 34.9 Å². The van der Waals surface area contributed by atoms with Crippen LogP contribution in [0.15, 0.2) is 18.2 Å². The summed E-state index contributed by atoms with van der Waals surface area (Å²) in [6.45, 7) is 9.19. The van der Waals surface area contributed by atoms with Crippen LogP contribution in [0.4, 0.5) is 0 Å². The van der Waals surface area contributed by atoms with Gasteiger partial charge in [-0.1, -0.05) is 39.0 Å². The van der Waals surface area contributed by atoms with E-state index in [1.54, 1.807) is 0 Å². The molecule has 0 aliphatic carbocycles. The van der Waals surface area contributed by atoms with Gasteiger partial charge in [-0.2, -0.15) is 0 Å². The summed E-state index contributed by atoms with van der Waals surface area (Å²) in [6.07, 6.45) is -0.424. The molecule has 0 aliphatic rings. The zero-order chi connectivity index (χ0) is 12.3. The molecule has 2 heteroatoms. The molecule has 1 aromatic rings. The SMILES string of the molecule is CNCC(O)c1cc(C(C)(C)C)ccc1C. The van der Waals surface area contributed by atoms with Crippen LogP contribution < -0.4 is 5.32 Å². The van der Waals surface area contributed by atoms with Crippen molar-refractivity contribution in [2.45, 2.75) is 39.2 Å². The molecule has 0 saturated heterocycles. The van der Waals surface area contributed by atoms with Crippen LogP contribution in [0.1, 0.15) is 43.6 Å². The van der Waals surface area contributed by atoms with Crippen LogP contribution in [0.25, 0.3) is 0 Å². The largest absolute Gasteiger partial charge is 0.387 e. The molecular formula is C14H23NO. The van der Waals surface area contributed by atoms with Crippen LogP contribution in [0.3, 0.4) is 0 Å². The molecule has 1 rings (SSSR count). The standard InChI is InChI=1S/C14H23NO/c1-10-6-7-11(14(2,3)4)8-12(10)13(16)9-15-5/h6-8,13,15-16H,9H2,1-5H3. The first kappa shape index (κ1) is 13.2. The molecule has 0 bridgehead atoms. The summed E-state index contributed by atoms with van der Waals surface area (Å²) < 4.78 is 0. The molecule has 0 aromatic heterocycles. The van der Waals surface area contributed by atoms with Gasteiger partial charge < -0.3 is 10.4 Å². The van der Waals surface area contributed by atoms with E-state index in [0.717, 1.165) is 11.1 Å². The fourth-order valence-corrected chi connectivity index (χ4v) is 1.77. The molecule has 0 amide bonds. The summed E-state index contributed by atoms with van der Waals surface area (Å²) in [5.74, 6) is 0. The van der Waals surface area contributed by atoms with E-state index in [-0.39, 0.29) is 5.41 Å². The summed E-state index contributed by atoms with van der Waals surface area (Å²) in [5, 5.41) is 13.0. The lowest BCUT2D eigenvalue weighted by Gasteiger charge is -2.22. The third-order valence-corrected chi connectivity index (χ3v) is 2.90. The summed E-state index contributed by atoms with van der Waals surface area (Å²) in [7, 11) is 1.85. The molecule has 0 fully saturated rings. The van der Waals surface area contributed by atoms with Crippen molar-refractivity contribution >= 4 is 0 Å².